The third kappa shape index (κ3) is 4.47. The Balaban J connectivity index is 2.16. The van der Waals surface area contributed by atoms with Crippen molar-refractivity contribution in [2.75, 3.05) is 32.9 Å². The summed E-state index contributed by atoms with van der Waals surface area (Å²) in [5.41, 5.74) is 0.753. The van der Waals surface area contributed by atoms with Crippen molar-refractivity contribution in [2.24, 2.45) is 0 Å². The monoisotopic (exact) mass is 430 g/mol. The van der Waals surface area contributed by atoms with E-state index in [1.165, 1.54) is 33.3 Å². The predicted octanol–water partition coefficient (Wildman–Crippen LogP) is 3.75. The molecule has 164 valence electrons. The van der Waals surface area contributed by atoms with Crippen molar-refractivity contribution in [1.29, 1.82) is 0 Å². The first-order valence-corrected chi connectivity index (χ1v) is 9.35. The molecule has 0 atom stereocenters. The van der Waals surface area contributed by atoms with Crippen LogP contribution in [0.25, 0.3) is 5.70 Å². The smallest absolute Gasteiger partial charge is 0.335 e. The Labute approximate surface area is 178 Å². The summed E-state index contributed by atoms with van der Waals surface area (Å²) < 4.78 is 26.3. The maximum atomic E-state index is 12.5. The van der Waals surface area contributed by atoms with Gasteiger partial charge in [-0.2, -0.15) is 0 Å². The molecule has 0 spiro atoms. The molecule has 1 N–H and O–H groups in total. The maximum absolute atomic E-state index is 12.5. The van der Waals surface area contributed by atoms with Crippen molar-refractivity contribution in [3.63, 3.8) is 0 Å². The van der Waals surface area contributed by atoms with Crippen LogP contribution in [0.4, 0.5) is 11.4 Å². The Hall–Kier alpha value is -3.95. The molecule has 2 aromatic carbocycles. The van der Waals surface area contributed by atoms with Gasteiger partial charge in [0.25, 0.3) is 5.69 Å². The van der Waals surface area contributed by atoms with Crippen molar-refractivity contribution in [3.05, 3.63) is 51.6 Å². The molecule has 0 saturated heterocycles. The van der Waals surface area contributed by atoms with Gasteiger partial charge in [0, 0.05) is 17.8 Å². The summed E-state index contributed by atoms with van der Waals surface area (Å²) in [7, 11) is 3.00. The molecule has 0 amide bonds. The van der Waals surface area contributed by atoms with E-state index in [9.17, 15) is 14.9 Å². The second-order valence-electron chi connectivity index (χ2n) is 6.39. The van der Waals surface area contributed by atoms with Crippen molar-refractivity contribution >= 4 is 23.0 Å². The van der Waals surface area contributed by atoms with E-state index in [0.29, 0.717) is 22.9 Å². The van der Waals surface area contributed by atoms with E-state index in [1.54, 1.807) is 25.1 Å². The molecule has 0 unspecified atom stereocenters. The van der Waals surface area contributed by atoms with E-state index in [-0.39, 0.29) is 41.7 Å². The third-order valence-corrected chi connectivity index (χ3v) is 4.57. The topological polar surface area (TPSA) is 118 Å². The van der Waals surface area contributed by atoms with Crippen molar-refractivity contribution < 1.29 is 33.4 Å². The second kappa shape index (κ2) is 9.24. The Kier molecular flexibility index (Phi) is 6.49. The molecular weight excluding hydrogens is 408 g/mol. The minimum atomic E-state index is -0.613. The van der Waals surface area contributed by atoms with Crippen molar-refractivity contribution in [2.45, 2.75) is 13.8 Å². The zero-order chi connectivity index (χ0) is 22.5. The first-order chi connectivity index (χ1) is 14.9. The molecule has 1 aliphatic heterocycles. The van der Waals surface area contributed by atoms with Crippen LogP contribution < -0.4 is 24.3 Å². The molecule has 0 fully saturated rings. The molecule has 31 heavy (non-hydrogen) atoms. The molecule has 0 bridgehead atoms. The van der Waals surface area contributed by atoms with Gasteiger partial charge in [-0.15, -0.1) is 0 Å². The van der Waals surface area contributed by atoms with Gasteiger partial charge in [-0.05, 0) is 26.0 Å². The van der Waals surface area contributed by atoms with E-state index in [2.05, 4.69) is 5.32 Å². The van der Waals surface area contributed by atoms with Crippen LogP contribution in [0, 0.1) is 10.1 Å². The van der Waals surface area contributed by atoms with E-state index in [4.69, 9.17) is 23.7 Å². The highest BCUT2D eigenvalue weighted by Crippen LogP contribution is 2.42. The molecule has 0 radical (unpaired) electrons. The lowest BCUT2D eigenvalue weighted by atomic mass is 10.0. The fourth-order valence-electron chi connectivity index (χ4n) is 3.05. The van der Waals surface area contributed by atoms with Gasteiger partial charge in [-0.25, -0.2) is 4.79 Å². The maximum Gasteiger partial charge on any atom is 0.335 e. The number of carbonyl (C=O) groups excluding carboxylic acids is 1. The largest absolute Gasteiger partial charge is 0.493 e. The van der Waals surface area contributed by atoms with E-state index in [0.717, 1.165) is 0 Å². The Morgan fingerprint density at radius 2 is 1.81 bits per heavy atom. The first kappa shape index (κ1) is 21.8. The molecule has 10 nitrogen and oxygen atoms in total. The van der Waals surface area contributed by atoms with E-state index in [1.807, 2.05) is 0 Å². The summed E-state index contributed by atoms with van der Waals surface area (Å²) in [5.74, 6) is 0.937. The van der Waals surface area contributed by atoms with E-state index < -0.39 is 10.9 Å². The number of nitro groups is 1. The number of fused-ring (bicyclic) bond motifs is 1. The summed E-state index contributed by atoms with van der Waals surface area (Å²) in [4.78, 5) is 23.7. The molecule has 1 aliphatic rings. The highest BCUT2D eigenvalue weighted by atomic mass is 16.7. The number of hydrogen-bond acceptors (Lipinski definition) is 9. The summed E-state index contributed by atoms with van der Waals surface area (Å²) in [6.07, 6.45) is 0. The standard InChI is InChI=1S/C21H22N2O8/c1-5-29-21(24)12(2)20(22-13-6-7-16(27-3)17(8-13)28-4)14-9-18-19(31-11-30-18)10-15(14)23(25)26/h6-10,22H,5,11H2,1-4H3/b20-12-. The van der Waals surface area contributed by atoms with Gasteiger partial charge in [0.2, 0.25) is 6.79 Å². The fourth-order valence-corrected chi connectivity index (χ4v) is 3.05. The fraction of sp³-hybridized carbons (Fsp3) is 0.286. The zero-order valence-corrected chi connectivity index (χ0v) is 17.5. The second-order valence-corrected chi connectivity index (χ2v) is 6.39. The normalized spacial score (nSPS) is 12.6. The lowest BCUT2D eigenvalue weighted by Crippen LogP contribution is -2.13. The number of ether oxygens (including phenoxy) is 5. The summed E-state index contributed by atoms with van der Waals surface area (Å²) >= 11 is 0. The van der Waals surface area contributed by atoms with Crippen LogP contribution >= 0.6 is 0 Å². The van der Waals surface area contributed by atoms with Crippen molar-refractivity contribution in [1.82, 2.24) is 0 Å². The third-order valence-electron chi connectivity index (χ3n) is 4.57. The number of esters is 1. The van der Waals surface area contributed by atoms with Crippen LogP contribution in [0.15, 0.2) is 35.9 Å². The van der Waals surface area contributed by atoms with E-state index >= 15 is 0 Å². The van der Waals surface area contributed by atoms with Gasteiger partial charge in [0.1, 0.15) is 0 Å². The Morgan fingerprint density at radius 1 is 1.13 bits per heavy atom. The van der Waals surface area contributed by atoms with Crippen LogP contribution in [-0.2, 0) is 9.53 Å². The number of methoxy groups -OCH3 is 2. The lowest BCUT2D eigenvalue weighted by Gasteiger charge is -2.17. The molecule has 10 heteroatoms. The molecular formula is C21H22N2O8. The Bertz CT molecular complexity index is 1050. The van der Waals surface area contributed by atoms with Gasteiger partial charge in [-0.3, -0.25) is 10.1 Å². The minimum Gasteiger partial charge on any atom is -0.493 e. The van der Waals surface area contributed by atoms with Crippen LogP contribution in [0.3, 0.4) is 0 Å². The van der Waals surface area contributed by atoms with Crippen LogP contribution in [-0.4, -0.2) is 38.5 Å². The number of carbonyl (C=O) groups is 1. The molecule has 1 heterocycles. The molecule has 0 aromatic heterocycles. The Morgan fingerprint density at radius 3 is 2.42 bits per heavy atom. The van der Waals surface area contributed by atoms with Crippen molar-refractivity contribution in [3.8, 4) is 23.0 Å². The van der Waals surface area contributed by atoms with Gasteiger partial charge in [-0.1, -0.05) is 0 Å². The zero-order valence-electron chi connectivity index (χ0n) is 17.5. The predicted molar refractivity (Wildman–Crippen MR) is 112 cm³/mol. The highest BCUT2D eigenvalue weighted by Gasteiger charge is 2.28. The summed E-state index contributed by atoms with van der Waals surface area (Å²) in [6.45, 7) is 3.31. The summed E-state index contributed by atoms with van der Waals surface area (Å²) in [6, 6.07) is 7.75. The number of hydrogen-bond donors (Lipinski definition) is 1. The number of nitrogens with zero attached hydrogens (tertiary/aromatic N) is 1. The molecule has 3 rings (SSSR count). The van der Waals surface area contributed by atoms with Gasteiger partial charge in [0.15, 0.2) is 23.0 Å². The SMILES string of the molecule is CCOC(=O)/C(C)=C(\Nc1ccc(OC)c(OC)c1)c1cc2c(cc1[N+](=O)[O-])OCO2. The van der Waals surface area contributed by atoms with Crippen LogP contribution in [0.5, 0.6) is 23.0 Å². The van der Waals surface area contributed by atoms with Crippen LogP contribution in [0.2, 0.25) is 0 Å². The van der Waals surface area contributed by atoms with Gasteiger partial charge >= 0.3 is 5.97 Å². The summed E-state index contributed by atoms with van der Waals surface area (Å²) in [5, 5.41) is 14.9. The lowest BCUT2D eigenvalue weighted by molar-refractivity contribution is -0.385. The molecule has 0 saturated carbocycles. The quantitative estimate of drug-likeness (QED) is 0.289. The number of nitro benzene ring substituents is 1. The molecule has 0 aliphatic carbocycles. The van der Waals surface area contributed by atoms with Gasteiger partial charge in [0.05, 0.1) is 48.6 Å². The minimum absolute atomic E-state index is 0.0467. The van der Waals surface area contributed by atoms with Crippen LogP contribution in [0.1, 0.15) is 19.4 Å². The average molecular weight is 430 g/mol. The number of benzene rings is 2. The first-order valence-electron chi connectivity index (χ1n) is 9.35. The molecule has 2 aromatic rings. The average Bonchev–Trinajstić information content (AvgIpc) is 3.23. The number of anilines is 1. The number of rotatable bonds is 8. The van der Waals surface area contributed by atoms with Gasteiger partial charge < -0.3 is 29.0 Å². The highest BCUT2D eigenvalue weighted by molar-refractivity contribution is 6.01. The number of nitrogens with one attached hydrogen (secondary N) is 1.